The van der Waals surface area contributed by atoms with Crippen LogP contribution in [0.15, 0.2) is 24.3 Å². The predicted octanol–water partition coefficient (Wildman–Crippen LogP) is 2.29. The molecule has 0 unspecified atom stereocenters. The molecule has 0 atom stereocenters. The van der Waals surface area contributed by atoms with Crippen LogP contribution in [-0.2, 0) is 10.0 Å². The number of piperidine rings is 1. The van der Waals surface area contributed by atoms with E-state index in [0.29, 0.717) is 41.8 Å². The van der Waals surface area contributed by atoms with Gasteiger partial charge >= 0.3 is 0 Å². The molecule has 1 saturated carbocycles. The average Bonchev–Trinajstić information content (AvgIpc) is 3.74. The number of carbonyl (C=O) groups excluding carboxylic acids is 1. The minimum atomic E-state index is -3.75. The molecule has 3 aliphatic rings. The van der Waals surface area contributed by atoms with Gasteiger partial charge in [-0.25, -0.2) is 22.2 Å². The summed E-state index contributed by atoms with van der Waals surface area (Å²) in [5.41, 5.74) is 1.82. The molecular formula is C26H35F2N7O4S. The first kappa shape index (κ1) is 28.4. The van der Waals surface area contributed by atoms with Gasteiger partial charge in [-0.05, 0) is 38.0 Å². The molecule has 1 aromatic heterocycles. The topological polar surface area (TPSA) is 131 Å². The lowest BCUT2D eigenvalue weighted by atomic mass is 10.1. The quantitative estimate of drug-likeness (QED) is 0.410. The minimum absolute atomic E-state index is 0.120. The number of carbonyl (C=O) groups is 1. The second-order valence-corrected chi connectivity index (χ2v) is 12.5. The maximum Gasteiger partial charge on any atom is 0.258 e. The summed E-state index contributed by atoms with van der Waals surface area (Å²) in [6.07, 6.45) is 1.85. The van der Waals surface area contributed by atoms with Crippen molar-refractivity contribution in [3.8, 4) is 0 Å². The van der Waals surface area contributed by atoms with Crippen LogP contribution in [0.3, 0.4) is 0 Å². The summed E-state index contributed by atoms with van der Waals surface area (Å²) >= 11 is 0. The normalized spacial score (nSPS) is 19.9. The number of aromatic nitrogens is 2. The Morgan fingerprint density at radius 2 is 1.75 bits per heavy atom. The van der Waals surface area contributed by atoms with Crippen molar-refractivity contribution in [3.05, 3.63) is 35.5 Å². The highest BCUT2D eigenvalue weighted by atomic mass is 32.2. The van der Waals surface area contributed by atoms with Crippen molar-refractivity contribution in [2.75, 3.05) is 71.5 Å². The Morgan fingerprint density at radius 1 is 1.05 bits per heavy atom. The Labute approximate surface area is 232 Å². The fraction of sp³-hybridized carbons (Fsp3) is 0.577. The number of aliphatic hydroxyl groups excluding tert-OH is 1. The molecule has 2 aromatic rings. The zero-order chi connectivity index (χ0) is 28.5. The number of piperazine rings is 1. The van der Waals surface area contributed by atoms with Gasteiger partial charge in [0.25, 0.3) is 11.8 Å². The van der Waals surface area contributed by atoms with Crippen LogP contribution >= 0.6 is 0 Å². The van der Waals surface area contributed by atoms with Gasteiger partial charge in [0.15, 0.2) is 0 Å². The van der Waals surface area contributed by atoms with Crippen LogP contribution in [0.5, 0.6) is 0 Å². The first-order valence-electron chi connectivity index (χ1n) is 13.6. The van der Waals surface area contributed by atoms with Crippen LogP contribution in [-0.4, -0.2) is 97.9 Å². The number of nitrogens with zero attached hydrogens (tertiary/aromatic N) is 5. The molecule has 3 fully saturated rings. The molecule has 1 amide bonds. The molecule has 218 valence electrons. The maximum absolute atomic E-state index is 13.6. The lowest BCUT2D eigenvalue weighted by molar-refractivity contribution is -0.0222. The van der Waals surface area contributed by atoms with Crippen LogP contribution in [0.2, 0.25) is 0 Å². The Kier molecular flexibility index (Phi) is 8.11. The van der Waals surface area contributed by atoms with Crippen LogP contribution in [0.4, 0.5) is 31.9 Å². The molecule has 0 spiro atoms. The van der Waals surface area contributed by atoms with E-state index in [1.165, 1.54) is 18.9 Å². The lowest BCUT2D eigenvalue weighted by Gasteiger charge is -2.37. The van der Waals surface area contributed by atoms with Gasteiger partial charge in [-0.2, -0.15) is 4.98 Å². The first-order chi connectivity index (χ1) is 19.0. The predicted molar refractivity (Wildman–Crippen MR) is 149 cm³/mol. The van der Waals surface area contributed by atoms with Gasteiger partial charge in [-0.1, -0.05) is 0 Å². The average molecular weight is 580 g/mol. The Bertz CT molecular complexity index is 1340. The summed E-state index contributed by atoms with van der Waals surface area (Å²) < 4.78 is 54.3. The van der Waals surface area contributed by atoms with E-state index in [1.54, 1.807) is 30.0 Å². The molecule has 2 aliphatic heterocycles. The molecule has 0 radical (unpaired) electrons. The summed E-state index contributed by atoms with van der Waals surface area (Å²) in [4.78, 5) is 28.6. The molecule has 14 heteroatoms. The zero-order valence-corrected chi connectivity index (χ0v) is 23.3. The van der Waals surface area contributed by atoms with Crippen molar-refractivity contribution in [1.29, 1.82) is 0 Å². The van der Waals surface area contributed by atoms with Gasteiger partial charge in [0.2, 0.25) is 16.0 Å². The van der Waals surface area contributed by atoms with E-state index in [4.69, 9.17) is 5.11 Å². The van der Waals surface area contributed by atoms with Crippen molar-refractivity contribution in [1.82, 2.24) is 14.9 Å². The van der Waals surface area contributed by atoms with Crippen molar-refractivity contribution < 1.29 is 27.1 Å². The van der Waals surface area contributed by atoms with Gasteiger partial charge in [-0.15, -0.1) is 0 Å². The summed E-state index contributed by atoms with van der Waals surface area (Å²) in [5, 5.41) is 11.9. The van der Waals surface area contributed by atoms with Gasteiger partial charge in [0.05, 0.1) is 29.3 Å². The molecular weight excluding hydrogens is 544 g/mol. The van der Waals surface area contributed by atoms with E-state index in [-0.39, 0.29) is 37.7 Å². The number of anilines is 4. The highest BCUT2D eigenvalue weighted by molar-refractivity contribution is 7.92. The molecule has 1 aliphatic carbocycles. The number of benzene rings is 1. The molecule has 40 heavy (non-hydrogen) atoms. The number of hydrogen-bond acceptors (Lipinski definition) is 9. The van der Waals surface area contributed by atoms with Crippen LogP contribution in [0, 0.1) is 6.92 Å². The summed E-state index contributed by atoms with van der Waals surface area (Å²) in [5.74, 6) is -3.03. The van der Waals surface area contributed by atoms with Crippen LogP contribution < -0.4 is 19.8 Å². The first-order valence-corrected chi connectivity index (χ1v) is 15.2. The van der Waals surface area contributed by atoms with E-state index in [0.717, 1.165) is 13.1 Å². The molecule has 2 saturated heterocycles. The molecule has 3 heterocycles. The third kappa shape index (κ3) is 6.96. The molecule has 1 aromatic carbocycles. The maximum atomic E-state index is 13.6. The lowest BCUT2D eigenvalue weighted by Crippen LogP contribution is -2.47. The van der Waals surface area contributed by atoms with E-state index >= 15 is 0 Å². The number of sulfonamides is 1. The van der Waals surface area contributed by atoms with Gasteiger partial charge in [0, 0.05) is 69.9 Å². The number of hydrogen-bond donors (Lipinski definition) is 3. The summed E-state index contributed by atoms with van der Waals surface area (Å²) in [7, 11) is -3.75. The SMILES string of the molecule is Cc1cc(NC(=O)c2ccc(NS(=O)(=O)CCO)cc2N2CCN(C3CC3)CC2)nc(N2CCC(F)(F)CC2)n1. The second-order valence-electron chi connectivity index (χ2n) is 10.6. The number of halogens is 2. The second kappa shape index (κ2) is 11.4. The van der Waals surface area contributed by atoms with Gasteiger partial charge < -0.3 is 20.2 Å². The van der Waals surface area contributed by atoms with E-state index < -0.39 is 34.2 Å². The van der Waals surface area contributed by atoms with Crippen molar-refractivity contribution >= 4 is 39.1 Å². The number of aliphatic hydroxyl groups is 1. The number of aryl methyl sites for hydroxylation is 1. The summed E-state index contributed by atoms with van der Waals surface area (Å²) in [6.45, 7) is 4.53. The number of alkyl halides is 2. The number of nitrogens with one attached hydrogen (secondary N) is 2. The molecule has 11 nitrogen and oxygen atoms in total. The van der Waals surface area contributed by atoms with Gasteiger partial charge in [0.1, 0.15) is 5.82 Å². The largest absolute Gasteiger partial charge is 0.395 e. The zero-order valence-electron chi connectivity index (χ0n) is 22.4. The smallest absolute Gasteiger partial charge is 0.258 e. The molecule has 5 rings (SSSR count). The van der Waals surface area contributed by atoms with E-state index in [9.17, 15) is 22.0 Å². The highest BCUT2D eigenvalue weighted by Crippen LogP contribution is 2.32. The van der Waals surface area contributed by atoms with Crippen LogP contribution in [0.1, 0.15) is 41.7 Å². The van der Waals surface area contributed by atoms with Crippen molar-refractivity contribution in [3.63, 3.8) is 0 Å². The third-order valence-corrected chi connectivity index (χ3v) is 8.72. The fourth-order valence-electron chi connectivity index (χ4n) is 5.14. The summed E-state index contributed by atoms with van der Waals surface area (Å²) in [6, 6.07) is 6.96. The monoisotopic (exact) mass is 579 g/mol. The Morgan fingerprint density at radius 3 is 2.40 bits per heavy atom. The molecule has 0 bridgehead atoms. The van der Waals surface area contributed by atoms with Crippen LogP contribution in [0.25, 0.3) is 0 Å². The van der Waals surface area contributed by atoms with E-state index in [2.05, 4.69) is 29.8 Å². The highest BCUT2D eigenvalue weighted by Gasteiger charge is 2.35. The number of rotatable bonds is 9. The Balaban J connectivity index is 1.38. The minimum Gasteiger partial charge on any atom is -0.395 e. The molecule has 3 N–H and O–H groups in total. The van der Waals surface area contributed by atoms with Gasteiger partial charge in [-0.3, -0.25) is 14.4 Å². The van der Waals surface area contributed by atoms with Crippen molar-refractivity contribution in [2.24, 2.45) is 0 Å². The number of amides is 1. The van der Waals surface area contributed by atoms with Crippen molar-refractivity contribution in [2.45, 2.75) is 44.6 Å². The standard InChI is InChI=1S/C26H35F2N7O4S/c1-18-16-23(31-25(29-18)35-8-6-26(27,28)7-9-35)30-24(37)21-5-2-19(32-40(38,39)15-14-36)17-22(21)34-12-10-33(11-13-34)20-3-4-20/h2,5,16-17,20,32,36H,3-4,6-15H2,1H3,(H,29,30,31,37). The fourth-order valence-corrected chi connectivity index (χ4v) is 5.97. The third-order valence-electron chi connectivity index (χ3n) is 7.46. The van der Waals surface area contributed by atoms with E-state index in [1.807, 2.05) is 0 Å². The Hall–Kier alpha value is -3.10.